The van der Waals surface area contributed by atoms with E-state index in [-0.39, 0.29) is 11.9 Å². The summed E-state index contributed by atoms with van der Waals surface area (Å²) < 4.78 is 11.4. The lowest BCUT2D eigenvalue weighted by Crippen LogP contribution is -2.54. The Morgan fingerprint density at radius 1 is 1.06 bits per heavy atom. The van der Waals surface area contributed by atoms with Crippen LogP contribution >= 0.6 is 0 Å². The number of aromatic nitrogens is 2. The maximum absolute atomic E-state index is 12.8. The van der Waals surface area contributed by atoms with Crippen molar-refractivity contribution in [3.63, 3.8) is 0 Å². The van der Waals surface area contributed by atoms with Crippen molar-refractivity contribution >= 4 is 11.7 Å². The lowest BCUT2D eigenvalue weighted by molar-refractivity contribution is -0.133. The number of methoxy groups -OCH3 is 1. The Morgan fingerprint density at radius 3 is 2.64 bits per heavy atom. The molecule has 1 atom stereocenters. The minimum atomic E-state index is 0.0959. The van der Waals surface area contributed by atoms with E-state index in [1.54, 1.807) is 7.11 Å². The highest BCUT2D eigenvalue weighted by atomic mass is 16.5. The molecule has 0 aliphatic carbocycles. The Kier molecular flexibility index (Phi) is 7.07. The molecule has 0 bridgehead atoms. The van der Waals surface area contributed by atoms with Crippen LogP contribution in [0.15, 0.2) is 60.9 Å². The Hall–Kier alpha value is -3.61. The monoisotopic (exact) mass is 446 g/mol. The summed E-state index contributed by atoms with van der Waals surface area (Å²) >= 11 is 0. The second-order valence-electron chi connectivity index (χ2n) is 8.34. The van der Waals surface area contributed by atoms with Gasteiger partial charge in [-0.15, -0.1) is 0 Å². The maximum Gasteiger partial charge on any atom is 0.224 e. The average molecular weight is 447 g/mol. The van der Waals surface area contributed by atoms with Crippen molar-refractivity contribution in [3.8, 4) is 17.4 Å². The quantitative estimate of drug-likeness (QED) is 0.540. The van der Waals surface area contributed by atoms with Crippen molar-refractivity contribution in [2.45, 2.75) is 32.7 Å². The van der Waals surface area contributed by atoms with Crippen molar-refractivity contribution in [2.24, 2.45) is 0 Å². The molecule has 1 aliphatic heterocycles. The van der Waals surface area contributed by atoms with E-state index < -0.39 is 0 Å². The highest BCUT2D eigenvalue weighted by molar-refractivity contribution is 5.77. The third-order valence-electron chi connectivity index (χ3n) is 5.90. The molecule has 0 unspecified atom stereocenters. The first kappa shape index (κ1) is 22.6. The molecule has 172 valence electrons. The zero-order valence-electron chi connectivity index (χ0n) is 19.4. The van der Waals surface area contributed by atoms with E-state index in [1.807, 2.05) is 54.3 Å². The summed E-state index contributed by atoms with van der Waals surface area (Å²) in [4.78, 5) is 25.7. The largest absolute Gasteiger partial charge is 0.493 e. The van der Waals surface area contributed by atoms with Crippen LogP contribution in [0.4, 0.5) is 5.82 Å². The summed E-state index contributed by atoms with van der Waals surface area (Å²) in [5, 5.41) is 0. The molecule has 7 nitrogen and oxygen atoms in total. The Labute approximate surface area is 195 Å². The van der Waals surface area contributed by atoms with Crippen LogP contribution in [-0.4, -0.2) is 53.6 Å². The fourth-order valence-corrected chi connectivity index (χ4v) is 4.11. The van der Waals surface area contributed by atoms with Crippen molar-refractivity contribution in [3.05, 3.63) is 72.1 Å². The number of benzene rings is 2. The number of aryl methyl sites for hydroxylation is 2. The number of ether oxygens (including phenoxy) is 2. The summed E-state index contributed by atoms with van der Waals surface area (Å²) in [7, 11) is 1.62. The van der Waals surface area contributed by atoms with Crippen molar-refractivity contribution < 1.29 is 14.3 Å². The molecule has 0 saturated carbocycles. The molecule has 3 aromatic rings. The van der Waals surface area contributed by atoms with Gasteiger partial charge in [-0.2, -0.15) is 0 Å². The zero-order chi connectivity index (χ0) is 23.2. The van der Waals surface area contributed by atoms with E-state index in [4.69, 9.17) is 9.47 Å². The minimum Gasteiger partial charge on any atom is -0.493 e. The van der Waals surface area contributed by atoms with Gasteiger partial charge in [0.25, 0.3) is 0 Å². The Morgan fingerprint density at radius 2 is 1.88 bits per heavy atom. The van der Waals surface area contributed by atoms with Crippen LogP contribution in [-0.2, 0) is 11.2 Å². The third-order valence-corrected chi connectivity index (χ3v) is 5.90. The fraction of sp³-hybridized carbons (Fsp3) is 0.346. The van der Waals surface area contributed by atoms with Crippen LogP contribution in [0, 0.1) is 6.92 Å². The normalized spacial score (nSPS) is 15.9. The van der Waals surface area contributed by atoms with Gasteiger partial charge in [-0.25, -0.2) is 9.97 Å². The topological polar surface area (TPSA) is 67.8 Å². The maximum atomic E-state index is 12.8. The molecular weight excluding hydrogens is 416 g/mol. The molecule has 7 heteroatoms. The van der Waals surface area contributed by atoms with Gasteiger partial charge in [-0.3, -0.25) is 4.79 Å². The average Bonchev–Trinajstić information content (AvgIpc) is 2.84. The molecule has 1 fully saturated rings. The summed E-state index contributed by atoms with van der Waals surface area (Å²) in [6.07, 6.45) is 2.80. The van der Waals surface area contributed by atoms with Crippen LogP contribution in [0.3, 0.4) is 0 Å². The molecule has 1 saturated heterocycles. The Balaban J connectivity index is 1.37. The number of carbonyl (C=O) groups is 1. The molecule has 0 spiro atoms. The molecule has 4 rings (SSSR count). The van der Waals surface area contributed by atoms with Gasteiger partial charge in [-0.05, 0) is 43.5 Å². The van der Waals surface area contributed by atoms with Crippen molar-refractivity contribution in [1.82, 2.24) is 14.9 Å². The molecular formula is C26H30N4O3. The second-order valence-corrected chi connectivity index (χ2v) is 8.34. The van der Waals surface area contributed by atoms with Crippen LogP contribution in [0.25, 0.3) is 0 Å². The molecule has 2 aromatic carbocycles. The van der Waals surface area contributed by atoms with Crippen LogP contribution < -0.4 is 14.4 Å². The summed E-state index contributed by atoms with van der Waals surface area (Å²) in [6.45, 7) is 6.18. The van der Waals surface area contributed by atoms with Gasteiger partial charge in [0.2, 0.25) is 11.8 Å². The third kappa shape index (κ3) is 5.61. The van der Waals surface area contributed by atoms with E-state index in [1.165, 1.54) is 11.9 Å². The van der Waals surface area contributed by atoms with Gasteiger partial charge in [0, 0.05) is 38.2 Å². The summed E-state index contributed by atoms with van der Waals surface area (Å²) in [5.41, 5.74) is 2.28. The molecule has 33 heavy (non-hydrogen) atoms. The van der Waals surface area contributed by atoms with Crippen LogP contribution in [0.1, 0.15) is 24.5 Å². The lowest BCUT2D eigenvalue weighted by Gasteiger charge is -2.40. The standard InChI is InChI=1S/C26H30N4O3/c1-19-9-11-22(23(15-19)32-3)33-25-16-24(27-18-28-25)29-13-14-30(20(2)17-29)26(31)12-10-21-7-5-4-6-8-21/h4-9,11,15-16,18,20H,10,12-14,17H2,1-3H3/t20-/m0/s1. The smallest absolute Gasteiger partial charge is 0.224 e. The number of carbonyl (C=O) groups excluding carboxylic acids is 1. The van der Waals surface area contributed by atoms with Gasteiger partial charge in [0.15, 0.2) is 11.5 Å². The number of amides is 1. The van der Waals surface area contributed by atoms with E-state index in [9.17, 15) is 4.79 Å². The van der Waals surface area contributed by atoms with Crippen LogP contribution in [0.2, 0.25) is 0 Å². The highest BCUT2D eigenvalue weighted by Gasteiger charge is 2.28. The predicted molar refractivity (Wildman–Crippen MR) is 128 cm³/mol. The first-order valence-corrected chi connectivity index (χ1v) is 11.3. The fourth-order valence-electron chi connectivity index (χ4n) is 4.11. The van der Waals surface area contributed by atoms with Gasteiger partial charge >= 0.3 is 0 Å². The molecule has 1 aliphatic rings. The first-order chi connectivity index (χ1) is 16.0. The SMILES string of the molecule is COc1cc(C)ccc1Oc1cc(N2CCN(C(=O)CCc3ccccc3)[C@@H](C)C2)ncn1. The second kappa shape index (κ2) is 10.3. The van der Waals surface area contributed by atoms with E-state index in [0.29, 0.717) is 43.4 Å². The first-order valence-electron chi connectivity index (χ1n) is 11.3. The van der Waals surface area contributed by atoms with Crippen molar-refractivity contribution in [1.29, 1.82) is 0 Å². The molecule has 0 N–H and O–H groups in total. The van der Waals surface area contributed by atoms with E-state index in [2.05, 4.69) is 33.9 Å². The van der Waals surface area contributed by atoms with Gasteiger partial charge < -0.3 is 19.3 Å². The minimum absolute atomic E-state index is 0.0959. The van der Waals surface area contributed by atoms with Crippen LogP contribution in [0.5, 0.6) is 17.4 Å². The summed E-state index contributed by atoms with van der Waals surface area (Å²) in [6, 6.07) is 17.8. The molecule has 1 amide bonds. The van der Waals surface area contributed by atoms with Gasteiger partial charge in [-0.1, -0.05) is 36.4 Å². The molecule has 1 aromatic heterocycles. The number of hydrogen-bond acceptors (Lipinski definition) is 6. The van der Waals surface area contributed by atoms with E-state index in [0.717, 1.165) is 17.8 Å². The van der Waals surface area contributed by atoms with E-state index >= 15 is 0 Å². The van der Waals surface area contributed by atoms with Gasteiger partial charge in [0.05, 0.1) is 7.11 Å². The van der Waals surface area contributed by atoms with Gasteiger partial charge in [0.1, 0.15) is 12.1 Å². The number of nitrogens with zero attached hydrogens (tertiary/aromatic N) is 4. The number of rotatable bonds is 7. The van der Waals surface area contributed by atoms with Crippen molar-refractivity contribution in [2.75, 3.05) is 31.6 Å². The Bertz CT molecular complexity index is 1090. The lowest BCUT2D eigenvalue weighted by atomic mass is 10.1. The number of hydrogen-bond donors (Lipinski definition) is 0. The predicted octanol–water partition coefficient (Wildman–Crippen LogP) is 4.26. The number of anilines is 1. The highest BCUT2D eigenvalue weighted by Crippen LogP contribution is 2.32. The zero-order valence-corrected chi connectivity index (χ0v) is 19.4. The summed E-state index contributed by atoms with van der Waals surface area (Å²) in [5.74, 6) is 2.70. The molecule has 0 radical (unpaired) electrons. The number of piperazine rings is 1. The molecule has 2 heterocycles.